The molecule has 4 N–H and O–H groups in total. The highest BCUT2D eigenvalue weighted by Gasteiger charge is 2.27. The minimum absolute atomic E-state index is 0.0141. The molecule has 1 amide bonds. The SMILES string of the molecule is CC(C)(C)[C@H](N)C(=O)Nc1ccc(C(=O)O)c(Cl)c1. The van der Waals surface area contributed by atoms with Gasteiger partial charge in [-0.1, -0.05) is 32.4 Å². The summed E-state index contributed by atoms with van der Waals surface area (Å²) in [5.41, 5.74) is 5.86. The lowest BCUT2D eigenvalue weighted by Gasteiger charge is -2.25. The first kappa shape index (κ1) is 15.5. The summed E-state index contributed by atoms with van der Waals surface area (Å²) in [7, 11) is 0. The highest BCUT2D eigenvalue weighted by molar-refractivity contribution is 6.33. The van der Waals surface area contributed by atoms with Crippen molar-refractivity contribution in [2.75, 3.05) is 5.32 Å². The van der Waals surface area contributed by atoms with Crippen LogP contribution in [0.4, 0.5) is 5.69 Å². The molecule has 19 heavy (non-hydrogen) atoms. The second kappa shape index (κ2) is 5.59. The third kappa shape index (κ3) is 3.94. The number of halogens is 1. The molecule has 1 aromatic carbocycles. The van der Waals surface area contributed by atoms with Crippen molar-refractivity contribution < 1.29 is 14.7 Å². The van der Waals surface area contributed by atoms with Crippen LogP contribution in [0.15, 0.2) is 18.2 Å². The van der Waals surface area contributed by atoms with E-state index < -0.39 is 12.0 Å². The van der Waals surface area contributed by atoms with E-state index >= 15 is 0 Å². The van der Waals surface area contributed by atoms with Crippen LogP contribution in [0.2, 0.25) is 5.02 Å². The third-order valence-corrected chi connectivity index (χ3v) is 3.00. The van der Waals surface area contributed by atoms with E-state index in [2.05, 4.69) is 5.32 Å². The zero-order chi connectivity index (χ0) is 14.8. The first-order valence-corrected chi connectivity index (χ1v) is 6.10. The average molecular weight is 285 g/mol. The number of hydrogen-bond donors (Lipinski definition) is 3. The van der Waals surface area contributed by atoms with Gasteiger partial charge in [-0.15, -0.1) is 0 Å². The van der Waals surface area contributed by atoms with Gasteiger partial charge in [0.25, 0.3) is 0 Å². The van der Waals surface area contributed by atoms with Gasteiger partial charge in [0.1, 0.15) is 0 Å². The average Bonchev–Trinajstić information content (AvgIpc) is 2.26. The van der Waals surface area contributed by atoms with Gasteiger partial charge in [-0.05, 0) is 23.6 Å². The lowest BCUT2D eigenvalue weighted by Crippen LogP contribution is -2.45. The Morgan fingerprint density at radius 1 is 1.37 bits per heavy atom. The predicted octanol–water partition coefficient (Wildman–Crippen LogP) is 2.35. The summed E-state index contributed by atoms with van der Waals surface area (Å²) in [5, 5.41) is 11.5. The number of hydrogen-bond acceptors (Lipinski definition) is 3. The van der Waals surface area contributed by atoms with Gasteiger partial charge in [-0.3, -0.25) is 4.79 Å². The topological polar surface area (TPSA) is 92.4 Å². The second-order valence-corrected chi connectivity index (χ2v) is 5.74. The summed E-state index contributed by atoms with van der Waals surface area (Å²) in [6, 6.07) is 3.52. The van der Waals surface area contributed by atoms with Crippen LogP contribution in [-0.2, 0) is 4.79 Å². The minimum atomic E-state index is -1.12. The molecule has 1 rings (SSSR count). The Kier molecular flexibility index (Phi) is 4.55. The summed E-state index contributed by atoms with van der Waals surface area (Å²) >= 11 is 5.81. The molecule has 0 aliphatic carbocycles. The number of anilines is 1. The molecule has 0 unspecified atom stereocenters. The lowest BCUT2D eigenvalue weighted by atomic mass is 9.87. The fourth-order valence-electron chi connectivity index (χ4n) is 1.38. The van der Waals surface area contributed by atoms with Crippen LogP contribution in [0, 0.1) is 5.41 Å². The Balaban J connectivity index is 2.87. The molecule has 0 saturated carbocycles. The molecular weight excluding hydrogens is 268 g/mol. The van der Waals surface area contributed by atoms with Crippen LogP contribution in [0.3, 0.4) is 0 Å². The zero-order valence-electron chi connectivity index (χ0n) is 11.0. The smallest absolute Gasteiger partial charge is 0.337 e. The Hall–Kier alpha value is -1.59. The van der Waals surface area contributed by atoms with Crippen LogP contribution in [0.25, 0.3) is 0 Å². The summed E-state index contributed by atoms with van der Waals surface area (Å²) in [5.74, 6) is -1.46. The maximum atomic E-state index is 11.9. The second-order valence-electron chi connectivity index (χ2n) is 5.33. The molecule has 104 valence electrons. The van der Waals surface area contributed by atoms with Gasteiger partial charge in [0.15, 0.2) is 0 Å². The maximum Gasteiger partial charge on any atom is 0.337 e. The van der Waals surface area contributed by atoms with Crippen molar-refractivity contribution in [3.05, 3.63) is 28.8 Å². The highest BCUT2D eigenvalue weighted by atomic mass is 35.5. The monoisotopic (exact) mass is 284 g/mol. The molecule has 1 atom stereocenters. The number of carbonyl (C=O) groups is 2. The van der Waals surface area contributed by atoms with Crippen molar-refractivity contribution >= 4 is 29.2 Å². The molecule has 5 nitrogen and oxygen atoms in total. The predicted molar refractivity (Wildman–Crippen MR) is 74.5 cm³/mol. The third-order valence-electron chi connectivity index (χ3n) is 2.68. The Bertz CT molecular complexity index is 509. The molecule has 0 aliphatic rings. The van der Waals surface area contributed by atoms with Crippen LogP contribution < -0.4 is 11.1 Å². The van der Waals surface area contributed by atoms with E-state index in [1.54, 1.807) is 0 Å². The molecule has 1 aromatic rings. The number of carbonyl (C=O) groups excluding carboxylic acids is 1. The summed E-state index contributed by atoms with van der Waals surface area (Å²) < 4.78 is 0. The van der Waals surface area contributed by atoms with Crippen LogP contribution >= 0.6 is 11.6 Å². The number of amides is 1. The number of rotatable bonds is 3. The molecule has 0 heterocycles. The molecule has 0 saturated heterocycles. The van der Waals surface area contributed by atoms with Crippen molar-refractivity contribution in [2.24, 2.45) is 11.1 Å². The van der Waals surface area contributed by atoms with Crippen molar-refractivity contribution in [1.29, 1.82) is 0 Å². The van der Waals surface area contributed by atoms with E-state index in [0.29, 0.717) is 5.69 Å². The number of nitrogens with two attached hydrogens (primary N) is 1. The molecule has 0 radical (unpaired) electrons. The standard InChI is InChI=1S/C13H17ClN2O3/c1-13(2,3)10(15)11(17)16-7-4-5-8(12(18)19)9(14)6-7/h4-6,10H,15H2,1-3H3,(H,16,17)(H,18,19)/t10-/m1/s1. The number of nitrogens with one attached hydrogen (secondary N) is 1. The maximum absolute atomic E-state index is 11.9. The Morgan fingerprint density at radius 3 is 2.37 bits per heavy atom. The zero-order valence-corrected chi connectivity index (χ0v) is 11.8. The summed E-state index contributed by atoms with van der Waals surface area (Å²) in [6.45, 7) is 5.58. The molecular formula is C13H17ClN2O3. The van der Waals surface area contributed by atoms with E-state index in [1.807, 2.05) is 20.8 Å². The van der Waals surface area contributed by atoms with Crippen LogP contribution in [0.1, 0.15) is 31.1 Å². The largest absolute Gasteiger partial charge is 0.478 e. The van der Waals surface area contributed by atoms with Gasteiger partial charge in [0, 0.05) is 5.69 Å². The molecule has 0 aliphatic heterocycles. The summed E-state index contributed by atoms with van der Waals surface area (Å²) in [6.07, 6.45) is 0. The van der Waals surface area contributed by atoms with Gasteiger partial charge >= 0.3 is 5.97 Å². The van der Waals surface area contributed by atoms with Crippen molar-refractivity contribution in [3.63, 3.8) is 0 Å². The Morgan fingerprint density at radius 2 is 1.95 bits per heavy atom. The van der Waals surface area contributed by atoms with Crippen molar-refractivity contribution in [1.82, 2.24) is 0 Å². The van der Waals surface area contributed by atoms with Crippen molar-refractivity contribution in [3.8, 4) is 0 Å². The highest BCUT2D eigenvalue weighted by Crippen LogP contribution is 2.23. The van der Waals surface area contributed by atoms with Gasteiger partial charge in [-0.25, -0.2) is 4.79 Å². The van der Waals surface area contributed by atoms with Gasteiger partial charge < -0.3 is 16.2 Å². The van der Waals surface area contributed by atoms with Gasteiger partial charge in [0.05, 0.1) is 16.6 Å². The van der Waals surface area contributed by atoms with Gasteiger partial charge in [-0.2, -0.15) is 0 Å². The normalized spacial score (nSPS) is 12.9. The van der Waals surface area contributed by atoms with E-state index in [9.17, 15) is 9.59 Å². The first-order chi connectivity index (χ1) is 8.62. The Labute approximate surface area is 116 Å². The number of carboxylic acid groups (broad SMARTS) is 1. The van der Waals surface area contributed by atoms with E-state index in [4.69, 9.17) is 22.4 Å². The van der Waals surface area contributed by atoms with E-state index in [1.165, 1.54) is 18.2 Å². The summed E-state index contributed by atoms with van der Waals surface area (Å²) in [4.78, 5) is 22.7. The molecule has 0 aromatic heterocycles. The molecule has 0 fully saturated rings. The fraction of sp³-hybridized carbons (Fsp3) is 0.385. The van der Waals surface area contributed by atoms with E-state index in [-0.39, 0.29) is 21.9 Å². The van der Waals surface area contributed by atoms with E-state index in [0.717, 1.165) is 0 Å². The molecule has 0 bridgehead atoms. The minimum Gasteiger partial charge on any atom is -0.478 e. The molecule has 0 spiro atoms. The van der Waals surface area contributed by atoms with Crippen molar-refractivity contribution in [2.45, 2.75) is 26.8 Å². The van der Waals surface area contributed by atoms with Crippen LogP contribution in [0.5, 0.6) is 0 Å². The number of benzene rings is 1. The fourth-order valence-corrected chi connectivity index (χ4v) is 1.64. The lowest BCUT2D eigenvalue weighted by molar-refractivity contribution is -0.119. The number of carboxylic acids is 1. The van der Waals surface area contributed by atoms with Gasteiger partial charge in [0.2, 0.25) is 5.91 Å². The molecule has 6 heteroatoms. The van der Waals surface area contributed by atoms with Crippen LogP contribution in [-0.4, -0.2) is 23.0 Å². The first-order valence-electron chi connectivity index (χ1n) is 5.72. The number of aromatic carboxylic acids is 1. The quantitative estimate of drug-likeness (QED) is 0.794.